The molecule has 3 N–H and O–H groups in total. The molecule has 0 unspecified atom stereocenters. The second kappa shape index (κ2) is 6.53. The Bertz CT molecular complexity index is 691. The molecule has 1 heterocycles. The summed E-state index contributed by atoms with van der Waals surface area (Å²) >= 11 is 4.36. The first-order valence-corrected chi connectivity index (χ1v) is 7.23. The van der Waals surface area contributed by atoms with Crippen molar-refractivity contribution in [3.8, 4) is 0 Å². The lowest BCUT2D eigenvalue weighted by Crippen LogP contribution is -2.30. The summed E-state index contributed by atoms with van der Waals surface area (Å²) in [5, 5.41) is 10.1. The van der Waals surface area contributed by atoms with Crippen molar-refractivity contribution in [3.05, 3.63) is 45.3 Å². The number of nitrogen functional groups attached to an aromatic ring is 1. The fraction of sp³-hybridized carbons (Fsp3) is 0.0909. The van der Waals surface area contributed by atoms with E-state index in [0.717, 1.165) is 27.1 Å². The Labute approximate surface area is 126 Å². The van der Waals surface area contributed by atoms with Gasteiger partial charge < -0.3 is 11.2 Å². The van der Waals surface area contributed by atoms with Crippen LogP contribution in [-0.2, 0) is 4.79 Å². The second-order valence-electron chi connectivity index (χ2n) is 3.65. The summed E-state index contributed by atoms with van der Waals surface area (Å²) in [6.07, 6.45) is 1.01. The monoisotopic (exact) mass is 355 g/mol. The van der Waals surface area contributed by atoms with E-state index in [-0.39, 0.29) is 16.8 Å². The molecule has 2 aromatic rings. The first-order valence-electron chi connectivity index (χ1n) is 5.45. The normalized spacial score (nSPS) is 10.2. The van der Waals surface area contributed by atoms with Crippen LogP contribution in [0.3, 0.4) is 0 Å². The average Bonchev–Trinajstić information content (AvgIpc) is 2.43. The number of amides is 1. The number of para-hydroxylation sites is 1. The first kappa shape index (κ1) is 14.5. The predicted octanol–water partition coefficient (Wildman–Crippen LogP) is 0.845. The van der Waals surface area contributed by atoms with Crippen molar-refractivity contribution >= 4 is 39.3 Å². The molecule has 1 amide bonds. The fourth-order valence-corrected chi connectivity index (χ4v) is 2.36. The molecule has 0 spiro atoms. The van der Waals surface area contributed by atoms with E-state index >= 15 is 0 Å². The Balaban J connectivity index is 1.98. The number of hydrogen-bond donors (Lipinski definition) is 2. The molecule has 0 atom stereocenters. The van der Waals surface area contributed by atoms with Gasteiger partial charge in [-0.25, -0.2) is 0 Å². The molecule has 1 aromatic carbocycles. The average molecular weight is 356 g/mol. The van der Waals surface area contributed by atoms with E-state index < -0.39 is 5.56 Å². The van der Waals surface area contributed by atoms with E-state index in [2.05, 4.69) is 31.4 Å². The Morgan fingerprint density at radius 3 is 2.95 bits per heavy atom. The van der Waals surface area contributed by atoms with Crippen LogP contribution in [-0.4, -0.2) is 26.5 Å². The van der Waals surface area contributed by atoms with Crippen molar-refractivity contribution in [2.45, 2.75) is 5.16 Å². The molecule has 1 aromatic heterocycles. The van der Waals surface area contributed by atoms with E-state index in [4.69, 9.17) is 5.84 Å². The molecule has 9 heteroatoms. The zero-order valence-corrected chi connectivity index (χ0v) is 12.5. The molecule has 104 valence electrons. The quantitative estimate of drug-likeness (QED) is 0.622. The van der Waals surface area contributed by atoms with Crippen molar-refractivity contribution in [1.82, 2.24) is 14.9 Å². The zero-order chi connectivity index (χ0) is 14.5. The topological polar surface area (TPSA) is 103 Å². The molecular weight excluding hydrogens is 346 g/mol. The third-order valence-electron chi connectivity index (χ3n) is 2.24. The largest absolute Gasteiger partial charge is 0.334 e. The lowest BCUT2D eigenvalue weighted by atomic mass is 10.3. The molecule has 0 saturated carbocycles. The van der Waals surface area contributed by atoms with Gasteiger partial charge in [-0.3, -0.25) is 9.59 Å². The molecule has 7 nitrogen and oxygen atoms in total. The van der Waals surface area contributed by atoms with E-state index in [1.165, 1.54) is 0 Å². The van der Waals surface area contributed by atoms with Crippen LogP contribution in [0.25, 0.3) is 0 Å². The van der Waals surface area contributed by atoms with E-state index in [1.807, 2.05) is 18.2 Å². The minimum absolute atomic E-state index is 0.0661. The van der Waals surface area contributed by atoms with Crippen molar-refractivity contribution in [2.75, 3.05) is 16.9 Å². The number of nitrogens with two attached hydrogens (primary N) is 1. The van der Waals surface area contributed by atoms with Gasteiger partial charge in [0.05, 0.1) is 11.4 Å². The maximum absolute atomic E-state index is 11.8. The third kappa shape index (κ3) is 3.58. The molecule has 0 aliphatic heterocycles. The van der Waals surface area contributed by atoms with Crippen molar-refractivity contribution in [2.24, 2.45) is 0 Å². The fourth-order valence-electron chi connectivity index (χ4n) is 1.31. The van der Waals surface area contributed by atoms with Gasteiger partial charge in [0.25, 0.3) is 5.56 Å². The van der Waals surface area contributed by atoms with Gasteiger partial charge in [-0.05, 0) is 28.1 Å². The van der Waals surface area contributed by atoms with Crippen molar-refractivity contribution in [1.29, 1.82) is 0 Å². The highest BCUT2D eigenvalue weighted by atomic mass is 79.9. The molecule has 20 heavy (non-hydrogen) atoms. The van der Waals surface area contributed by atoms with Gasteiger partial charge in [-0.2, -0.15) is 9.77 Å². The lowest BCUT2D eigenvalue weighted by molar-refractivity contribution is -0.113. The van der Waals surface area contributed by atoms with Crippen LogP contribution in [0.5, 0.6) is 0 Å². The molecule has 2 rings (SSSR count). The number of nitrogens with zero attached hydrogens (tertiary/aromatic N) is 3. The molecule has 0 saturated heterocycles. The number of halogens is 1. The number of carbonyl (C=O) groups is 1. The highest BCUT2D eigenvalue weighted by Crippen LogP contribution is 2.21. The van der Waals surface area contributed by atoms with Crippen LogP contribution in [0.1, 0.15) is 0 Å². The van der Waals surface area contributed by atoms with Gasteiger partial charge in [-0.1, -0.05) is 23.9 Å². The maximum atomic E-state index is 11.8. The van der Waals surface area contributed by atoms with E-state index in [0.29, 0.717) is 5.69 Å². The number of rotatable bonds is 4. The van der Waals surface area contributed by atoms with Gasteiger partial charge in [-0.15, -0.1) is 5.10 Å². The molecule has 0 radical (unpaired) electrons. The van der Waals surface area contributed by atoms with Gasteiger partial charge in [0.1, 0.15) is 6.20 Å². The third-order valence-corrected chi connectivity index (χ3v) is 3.87. The Morgan fingerprint density at radius 1 is 1.45 bits per heavy atom. The summed E-state index contributed by atoms with van der Waals surface area (Å²) < 4.78 is 1.64. The highest BCUT2D eigenvalue weighted by molar-refractivity contribution is 9.10. The minimum atomic E-state index is -0.478. The molecule has 0 aliphatic carbocycles. The number of anilines is 1. The van der Waals surface area contributed by atoms with Gasteiger partial charge in [0.15, 0.2) is 0 Å². The summed E-state index contributed by atoms with van der Waals surface area (Å²) in [6, 6.07) is 7.26. The Morgan fingerprint density at radius 2 is 2.20 bits per heavy atom. The predicted molar refractivity (Wildman–Crippen MR) is 79.9 cm³/mol. The van der Waals surface area contributed by atoms with Crippen LogP contribution < -0.4 is 16.7 Å². The molecule has 0 bridgehead atoms. The van der Waals surface area contributed by atoms with Gasteiger partial charge in [0.2, 0.25) is 11.1 Å². The zero-order valence-electron chi connectivity index (χ0n) is 10.1. The summed E-state index contributed by atoms with van der Waals surface area (Å²) in [5.41, 5.74) is 0.191. The van der Waals surface area contributed by atoms with E-state index in [1.54, 1.807) is 6.07 Å². The number of benzene rings is 1. The summed E-state index contributed by atoms with van der Waals surface area (Å²) in [5.74, 6) is 5.32. The SMILES string of the molecule is Nn1c(SCC(=O)Nc2ccccc2Br)nncc1=O. The van der Waals surface area contributed by atoms with Crippen LogP contribution >= 0.6 is 27.7 Å². The minimum Gasteiger partial charge on any atom is -0.334 e. The Hall–Kier alpha value is -1.87. The van der Waals surface area contributed by atoms with Crippen LogP contribution in [0, 0.1) is 0 Å². The second-order valence-corrected chi connectivity index (χ2v) is 5.45. The maximum Gasteiger partial charge on any atom is 0.291 e. The number of carbonyl (C=O) groups excluding carboxylic acids is 1. The summed E-state index contributed by atoms with van der Waals surface area (Å²) in [4.78, 5) is 23.0. The van der Waals surface area contributed by atoms with E-state index in [9.17, 15) is 9.59 Å². The number of hydrogen-bond acceptors (Lipinski definition) is 6. The molecule has 0 fully saturated rings. The first-order chi connectivity index (χ1) is 9.58. The van der Waals surface area contributed by atoms with Crippen molar-refractivity contribution in [3.63, 3.8) is 0 Å². The number of aromatic nitrogens is 3. The highest BCUT2D eigenvalue weighted by Gasteiger charge is 2.09. The summed E-state index contributed by atoms with van der Waals surface area (Å²) in [7, 11) is 0. The van der Waals surface area contributed by atoms with Gasteiger partial charge in [0, 0.05) is 4.47 Å². The van der Waals surface area contributed by atoms with Gasteiger partial charge >= 0.3 is 0 Å². The molecule has 0 aliphatic rings. The smallest absolute Gasteiger partial charge is 0.291 e. The summed E-state index contributed by atoms with van der Waals surface area (Å²) in [6.45, 7) is 0. The number of thioether (sulfide) groups is 1. The lowest BCUT2D eigenvalue weighted by Gasteiger charge is -2.07. The van der Waals surface area contributed by atoms with Crippen LogP contribution in [0.4, 0.5) is 5.69 Å². The molecular formula is C11H10BrN5O2S. The number of nitrogens with one attached hydrogen (secondary N) is 1. The standard InChI is InChI=1S/C11H10BrN5O2S/c12-7-3-1-2-4-8(7)15-9(18)6-20-11-16-14-5-10(19)17(11)13/h1-5H,6,13H2,(H,15,18). The van der Waals surface area contributed by atoms with Crippen LogP contribution in [0.2, 0.25) is 0 Å². The van der Waals surface area contributed by atoms with Crippen molar-refractivity contribution < 1.29 is 4.79 Å². The Kier molecular flexibility index (Phi) is 4.74. The van der Waals surface area contributed by atoms with Crippen LogP contribution in [0.15, 0.2) is 44.9 Å².